The first-order valence-electron chi connectivity index (χ1n) is 7.05. The van der Waals surface area contributed by atoms with Crippen LogP contribution in [0.4, 0.5) is 11.4 Å². The topological polar surface area (TPSA) is 73.6 Å². The van der Waals surface area contributed by atoms with Gasteiger partial charge in [-0.25, -0.2) is 0 Å². The zero-order chi connectivity index (χ0) is 14.2. The van der Waals surface area contributed by atoms with Gasteiger partial charge in [0.25, 0.3) is 0 Å². The highest BCUT2D eigenvalue weighted by atomic mass is 16.5. The van der Waals surface area contributed by atoms with Crippen molar-refractivity contribution in [3.8, 4) is 0 Å². The highest BCUT2D eigenvalue weighted by Crippen LogP contribution is 2.17. The lowest BCUT2D eigenvalue weighted by atomic mass is 10.0. The molecule has 1 aliphatic rings. The van der Waals surface area contributed by atoms with Gasteiger partial charge in [-0.3, -0.25) is 4.79 Å². The number of hydrogen-bond acceptors (Lipinski definition) is 4. The molecule has 0 bridgehead atoms. The number of benzene rings is 1. The number of anilines is 2. The Morgan fingerprint density at radius 1 is 1.35 bits per heavy atom. The van der Waals surface area contributed by atoms with E-state index in [1.165, 1.54) is 0 Å². The molecule has 0 saturated carbocycles. The normalized spacial score (nSPS) is 16.0. The minimum atomic E-state index is -0.0742. The van der Waals surface area contributed by atoms with Crippen LogP contribution in [0.25, 0.3) is 0 Å². The van der Waals surface area contributed by atoms with Gasteiger partial charge in [0.2, 0.25) is 5.91 Å². The van der Waals surface area contributed by atoms with Crippen LogP contribution in [0.1, 0.15) is 19.3 Å². The minimum Gasteiger partial charge on any atom is -0.397 e. The number of carbonyl (C=O) groups is 1. The van der Waals surface area contributed by atoms with Gasteiger partial charge in [0.1, 0.15) is 0 Å². The fraction of sp³-hybridized carbons (Fsp3) is 0.533. The van der Waals surface area contributed by atoms with Gasteiger partial charge in [-0.05, 0) is 30.9 Å². The molecule has 1 aromatic rings. The molecule has 110 valence electrons. The number of rotatable bonds is 6. The third-order valence-electron chi connectivity index (χ3n) is 3.40. The molecule has 0 atom stereocenters. The van der Waals surface area contributed by atoms with Gasteiger partial charge in [0.15, 0.2) is 0 Å². The maximum Gasteiger partial charge on any atom is 0.226 e. The number of amides is 1. The maximum absolute atomic E-state index is 11.7. The second-order valence-corrected chi connectivity index (χ2v) is 5.02. The summed E-state index contributed by atoms with van der Waals surface area (Å²) >= 11 is 0. The molecule has 5 nitrogen and oxygen atoms in total. The first-order valence-corrected chi connectivity index (χ1v) is 7.05. The molecule has 1 aliphatic heterocycles. The largest absolute Gasteiger partial charge is 0.397 e. The summed E-state index contributed by atoms with van der Waals surface area (Å²) in [5.74, 6) is 0.492. The predicted octanol–water partition coefficient (Wildman–Crippen LogP) is 2.04. The van der Waals surface area contributed by atoms with Crippen molar-refractivity contribution < 1.29 is 14.3 Å². The summed E-state index contributed by atoms with van der Waals surface area (Å²) in [6.07, 6.45) is 2.44. The second kappa shape index (κ2) is 7.87. The molecular formula is C15H22N2O3. The zero-order valence-electron chi connectivity index (χ0n) is 11.6. The fourth-order valence-electron chi connectivity index (χ4n) is 2.15. The molecule has 1 fully saturated rings. The minimum absolute atomic E-state index is 0.0742. The van der Waals surface area contributed by atoms with Crippen LogP contribution in [-0.4, -0.2) is 32.3 Å². The number of nitrogens with two attached hydrogens (primary N) is 1. The van der Waals surface area contributed by atoms with Crippen molar-refractivity contribution in [3.05, 3.63) is 24.3 Å². The van der Waals surface area contributed by atoms with Gasteiger partial charge >= 0.3 is 0 Å². The first kappa shape index (κ1) is 14.8. The number of nitrogen functional groups attached to an aromatic ring is 1. The number of ether oxygens (including phenoxy) is 2. The summed E-state index contributed by atoms with van der Waals surface area (Å²) < 4.78 is 10.9. The molecule has 20 heavy (non-hydrogen) atoms. The van der Waals surface area contributed by atoms with E-state index in [-0.39, 0.29) is 5.91 Å². The van der Waals surface area contributed by atoms with Crippen LogP contribution in [0.2, 0.25) is 0 Å². The van der Waals surface area contributed by atoms with Crippen molar-refractivity contribution >= 4 is 17.3 Å². The van der Waals surface area contributed by atoms with Gasteiger partial charge in [0, 0.05) is 19.8 Å². The Morgan fingerprint density at radius 2 is 2.10 bits per heavy atom. The summed E-state index contributed by atoms with van der Waals surface area (Å²) in [4.78, 5) is 11.7. The molecule has 0 spiro atoms. The SMILES string of the molecule is Nc1ccccc1NC(=O)CCOCC1CCOCC1. The number of para-hydroxylation sites is 2. The highest BCUT2D eigenvalue weighted by molar-refractivity contribution is 5.93. The standard InChI is InChI=1S/C15H22N2O3/c16-13-3-1-2-4-14(13)17-15(18)7-10-20-11-12-5-8-19-9-6-12/h1-4,12H,5-11,16H2,(H,17,18). The van der Waals surface area contributed by atoms with E-state index >= 15 is 0 Å². The summed E-state index contributed by atoms with van der Waals surface area (Å²) in [7, 11) is 0. The summed E-state index contributed by atoms with van der Waals surface area (Å²) in [6, 6.07) is 7.23. The lowest BCUT2D eigenvalue weighted by Gasteiger charge is -2.21. The van der Waals surface area contributed by atoms with Crippen molar-refractivity contribution in [2.75, 3.05) is 37.5 Å². The molecule has 0 aliphatic carbocycles. The lowest BCUT2D eigenvalue weighted by molar-refractivity contribution is -0.117. The molecule has 0 aromatic heterocycles. The summed E-state index contributed by atoms with van der Waals surface area (Å²) in [5, 5.41) is 2.78. The van der Waals surface area contributed by atoms with Crippen molar-refractivity contribution in [1.29, 1.82) is 0 Å². The Balaban J connectivity index is 1.61. The Labute approximate surface area is 119 Å². The lowest BCUT2D eigenvalue weighted by Crippen LogP contribution is -2.21. The van der Waals surface area contributed by atoms with E-state index < -0.39 is 0 Å². The number of hydrogen-bond donors (Lipinski definition) is 2. The van der Waals surface area contributed by atoms with Gasteiger partial charge < -0.3 is 20.5 Å². The van der Waals surface area contributed by atoms with Crippen molar-refractivity contribution in [3.63, 3.8) is 0 Å². The van der Waals surface area contributed by atoms with Crippen LogP contribution in [0.5, 0.6) is 0 Å². The number of carbonyl (C=O) groups excluding carboxylic acids is 1. The molecule has 1 saturated heterocycles. The zero-order valence-corrected chi connectivity index (χ0v) is 11.6. The number of nitrogens with one attached hydrogen (secondary N) is 1. The van der Waals surface area contributed by atoms with Gasteiger partial charge in [-0.1, -0.05) is 12.1 Å². The Bertz CT molecular complexity index is 431. The van der Waals surface area contributed by atoms with Crippen LogP contribution in [-0.2, 0) is 14.3 Å². The molecule has 0 radical (unpaired) electrons. The smallest absolute Gasteiger partial charge is 0.226 e. The molecule has 3 N–H and O–H groups in total. The Kier molecular flexibility index (Phi) is 5.83. The van der Waals surface area contributed by atoms with E-state index in [9.17, 15) is 4.79 Å². The summed E-state index contributed by atoms with van der Waals surface area (Å²) in [5.41, 5.74) is 6.99. The molecular weight excluding hydrogens is 256 g/mol. The quantitative estimate of drug-likeness (QED) is 0.617. The van der Waals surface area contributed by atoms with Crippen LogP contribution in [0.15, 0.2) is 24.3 Å². The maximum atomic E-state index is 11.7. The first-order chi connectivity index (χ1) is 9.75. The molecule has 0 unspecified atom stereocenters. The van der Waals surface area contributed by atoms with Crippen LogP contribution >= 0.6 is 0 Å². The average molecular weight is 278 g/mol. The van der Waals surface area contributed by atoms with Crippen LogP contribution in [0.3, 0.4) is 0 Å². The van der Waals surface area contributed by atoms with Gasteiger partial charge in [0.05, 0.1) is 24.4 Å². The molecule has 1 aromatic carbocycles. The fourth-order valence-corrected chi connectivity index (χ4v) is 2.15. The molecule has 1 heterocycles. The molecule has 1 amide bonds. The second-order valence-electron chi connectivity index (χ2n) is 5.02. The Morgan fingerprint density at radius 3 is 2.85 bits per heavy atom. The summed E-state index contributed by atoms with van der Waals surface area (Å²) in [6.45, 7) is 2.80. The Hall–Kier alpha value is -1.59. The van der Waals surface area contributed by atoms with E-state index in [1.54, 1.807) is 12.1 Å². The molecule has 2 rings (SSSR count). The van der Waals surface area contributed by atoms with Gasteiger partial charge in [-0.15, -0.1) is 0 Å². The van der Waals surface area contributed by atoms with E-state index in [0.29, 0.717) is 36.9 Å². The van der Waals surface area contributed by atoms with Crippen LogP contribution < -0.4 is 11.1 Å². The predicted molar refractivity (Wildman–Crippen MR) is 78.5 cm³/mol. The van der Waals surface area contributed by atoms with E-state index in [0.717, 1.165) is 26.1 Å². The van der Waals surface area contributed by atoms with E-state index in [2.05, 4.69) is 5.32 Å². The van der Waals surface area contributed by atoms with Crippen LogP contribution in [0, 0.1) is 5.92 Å². The van der Waals surface area contributed by atoms with E-state index in [4.69, 9.17) is 15.2 Å². The van der Waals surface area contributed by atoms with Crippen molar-refractivity contribution in [2.24, 2.45) is 5.92 Å². The van der Waals surface area contributed by atoms with Gasteiger partial charge in [-0.2, -0.15) is 0 Å². The van der Waals surface area contributed by atoms with E-state index in [1.807, 2.05) is 12.1 Å². The third kappa shape index (κ3) is 4.83. The highest BCUT2D eigenvalue weighted by Gasteiger charge is 2.13. The van der Waals surface area contributed by atoms with Crippen molar-refractivity contribution in [2.45, 2.75) is 19.3 Å². The van der Waals surface area contributed by atoms with Crippen molar-refractivity contribution in [1.82, 2.24) is 0 Å². The average Bonchev–Trinajstić information content (AvgIpc) is 2.47. The monoisotopic (exact) mass is 278 g/mol. The third-order valence-corrected chi connectivity index (χ3v) is 3.40. The molecule has 5 heteroatoms.